The SMILES string of the molecule is CC1(c2cccc(O)c2)c2ccc([nH]2)C(C)(c2cccc(O)c2)c2ccc([nH]2)C(C)(c2cccc(O)c2)c2ccc([nH]2)C(C)(c2cccc(O)c2)c2ccc1[nH]2.C[C@]1(c2cccc(O)c2)c2ccc([nH]2)[C@@](C)(c2cccc(O)c2)c2ccc([nH]2)[C@@]2(C)c3cccc(c3)OCOc3cccc(c3)[C@@](C)(c3ccc1[nH]3)c1ccc2[nH]1. The largest absolute Gasteiger partial charge is 0.508 e. The average molecular weight is 1490 g/mol. The molecule has 16 heteroatoms. The molecule has 11 heterocycles. The number of fused-ring (bicyclic) bond motifs is 22. The van der Waals surface area contributed by atoms with E-state index in [1.807, 2.05) is 97.1 Å². The molecular weight excluding hydrogens is 1410 g/mol. The van der Waals surface area contributed by atoms with Gasteiger partial charge in [0.2, 0.25) is 6.79 Å². The molecule has 0 saturated heterocycles. The summed E-state index contributed by atoms with van der Waals surface area (Å²) in [4.78, 5) is 31.2. The van der Waals surface area contributed by atoms with Gasteiger partial charge in [-0.2, -0.15) is 0 Å². The molecule has 3 aliphatic heterocycles. The number of benzene rings is 8. The first kappa shape index (κ1) is 71.0. The van der Waals surface area contributed by atoms with Crippen molar-refractivity contribution >= 4 is 0 Å². The van der Waals surface area contributed by atoms with Crippen molar-refractivity contribution in [2.45, 2.75) is 98.7 Å². The minimum atomic E-state index is -0.804. The van der Waals surface area contributed by atoms with Crippen LogP contribution >= 0.6 is 0 Å². The van der Waals surface area contributed by atoms with Crippen molar-refractivity contribution < 1.29 is 40.1 Å². The maximum atomic E-state index is 10.9. The third kappa shape index (κ3) is 11.0. The Bertz CT molecular complexity index is 5670. The van der Waals surface area contributed by atoms with Crippen molar-refractivity contribution in [1.82, 2.24) is 39.9 Å². The van der Waals surface area contributed by atoms with Gasteiger partial charge < -0.3 is 80.0 Å². The molecule has 113 heavy (non-hydrogen) atoms. The van der Waals surface area contributed by atoms with E-state index in [2.05, 4.69) is 229 Å². The zero-order valence-electron chi connectivity index (χ0n) is 63.9. The Labute approximate surface area is 654 Å². The zero-order chi connectivity index (χ0) is 78.2. The molecule has 0 aliphatic carbocycles. The van der Waals surface area contributed by atoms with Crippen LogP contribution in [0.25, 0.3) is 0 Å². The number of H-pyrrole nitrogens is 8. The molecular formula is C97H88N8O8. The minimum absolute atomic E-state index is 0.0467. The topological polar surface area (TPSA) is 266 Å². The highest BCUT2D eigenvalue weighted by molar-refractivity contribution is 5.62. The maximum absolute atomic E-state index is 10.9. The molecule has 14 N–H and O–H groups in total. The first-order chi connectivity index (χ1) is 54.3. The minimum Gasteiger partial charge on any atom is -0.508 e. The summed E-state index contributed by atoms with van der Waals surface area (Å²) >= 11 is 0. The number of phenolic OH excluding ortho intramolecular Hbond substituents is 6. The molecule has 19 rings (SSSR count). The fourth-order valence-electron chi connectivity index (χ4n) is 18.3. The van der Waals surface area contributed by atoms with Crippen LogP contribution in [0.3, 0.4) is 0 Å². The normalized spacial score (nSPS) is 23.5. The average Bonchev–Trinajstić information content (AvgIpc) is 1.57. The number of rotatable bonds is 6. The quantitative estimate of drug-likeness (QED) is 0.0759. The zero-order valence-corrected chi connectivity index (χ0v) is 63.9. The molecule has 0 spiro atoms. The summed E-state index contributed by atoms with van der Waals surface area (Å²) < 4.78 is 12.5. The lowest BCUT2D eigenvalue weighted by atomic mass is 9.76. The van der Waals surface area contributed by atoms with Gasteiger partial charge in [-0.3, -0.25) is 0 Å². The van der Waals surface area contributed by atoms with Crippen LogP contribution in [0, 0.1) is 0 Å². The molecule has 16 nitrogen and oxygen atoms in total. The highest BCUT2D eigenvalue weighted by Crippen LogP contribution is 2.53. The highest BCUT2D eigenvalue weighted by Gasteiger charge is 2.48. The molecule has 8 aromatic heterocycles. The Morgan fingerprint density at radius 1 is 0.186 bits per heavy atom. The fraction of sp³-hybridized carbons (Fsp3) is 0.175. The summed E-state index contributed by atoms with van der Waals surface area (Å²) in [6.45, 7) is 17.5. The number of nitrogens with one attached hydrogen (secondary N) is 8. The van der Waals surface area contributed by atoms with Crippen LogP contribution in [0.4, 0.5) is 0 Å². The predicted molar refractivity (Wildman–Crippen MR) is 438 cm³/mol. The first-order valence-electron chi connectivity index (χ1n) is 38.2. The van der Waals surface area contributed by atoms with Gasteiger partial charge >= 0.3 is 0 Å². The van der Waals surface area contributed by atoms with Gasteiger partial charge in [-0.25, -0.2) is 0 Å². The number of aromatic amines is 8. The Balaban J connectivity index is 0.000000157. The fourth-order valence-corrected chi connectivity index (χ4v) is 18.3. The van der Waals surface area contributed by atoms with Gasteiger partial charge in [0.05, 0.1) is 43.3 Å². The number of aromatic nitrogens is 8. The maximum Gasteiger partial charge on any atom is 0.230 e. The summed E-state index contributed by atoms with van der Waals surface area (Å²) in [5.41, 5.74) is 16.1. The van der Waals surface area contributed by atoms with Crippen LogP contribution in [0.5, 0.6) is 46.0 Å². The Morgan fingerprint density at radius 3 is 0.460 bits per heavy atom. The van der Waals surface area contributed by atoms with E-state index in [1.54, 1.807) is 60.7 Å². The smallest absolute Gasteiger partial charge is 0.230 e. The summed E-state index contributed by atoms with van der Waals surface area (Å²) in [7, 11) is 0. The van der Waals surface area contributed by atoms with Crippen molar-refractivity contribution in [2.24, 2.45) is 0 Å². The molecule has 0 fully saturated rings. The van der Waals surface area contributed by atoms with Gasteiger partial charge in [-0.1, -0.05) is 97.1 Å². The molecule has 0 amide bonds. The van der Waals surface area contributed by atoms with Gasteiger partial charge in [0, 0.05) is 91.1 Å². The number of hydrogen-bond donors (Lipinski definition) is 14. The third-order valence-electron chi connectivity index (χ3n) is 25.9. The van der Waals surface area contributed by atoms with Crippen molar-refractivity contribution in [2.75, 3.05) is 6.79 Å². The van der Waals surface area contributed by atoms with Crippen LogP contribution in [0.1, 0.15) is 191 Å². The van der Waals surface area contributed by atoms with Gasteiger partial charge in [-0.15, -0.1) is 0 Å². The van der Waals surface area contributed by atoms with Crippen LogP contribution in [0.2, 0.25) is 0 Å². The third-order valence-corrected chi connectivity index (χ3v) is 25.9. The molecule has 0 radical (unpaired) electrons. The van der Waals surface area contributed by atoms with Crippen LogP contribution in [0.15, 0.2) is 291 Å². The van der Waals surface area contributed by atoms with E-state index in [1.165, 1.54) is 0 Å². The first-order valence-corrected chi connectivity index (χ1v) is 38.2. The second kappa shape index (κ2) is 26.0. The summed E-state index contributed by atoms with van der Waals surface area (Å²) in [5, 5.41) is 65.0. The van der Waals surface area contributed by atoms with Crippen LogP contribution < -0.4 is 9.47 Å². The van der Waals surface area contributed by atoms with Crippen molar-refractivity contribution in [1.29, 1.82) is 0 Å². The Hall–Kier alpha value is -13.6. The lowest BCUT2D eigenvalue weighted by Crippen LogP contribution is -2.32. The summed E-state index contributed by atoms with van der Waals surface area (Å²) in [6, 6.07) is 95.1. The van der Waals surface area contributed by atoms with E-state index >= 15 is 0 Å². The highest BCUT2D eigenvalue weighted by atomic mass is 16.7. The van der Waals surface area contributed by atoms with Crippen molar-refractivity contribution in [3.63, 3.8) is 0 Å². The van der Waals surface area contributed by atoms with Gasteiger partial charge in [0.25, 0.3) is 0 Å². The van der Waals surface area contributed by atoms with Crippen LogP contribution in [-0.4, -0.2) is 77.3 Å². The molecule has 0 unspecified atom stereocenters. The van der Waals surface area contributed by atoms with Gasteiger partial charge in [-0.05, 0) is 294 Å². The number of hydrogen-bond acceptors (Lipinski definition) is 8. The standard InChI is InChI=1S/C49H44N4O4.C48H44N4O4/c1-46(30-9-5-13-34(54)25-30)38-17-18-39(50-38)47(2,31-10-6-14-35(55)26-31)41-20-22-43(52-41)49(4)33-12-8-16-37(28-33)57-29-56-36-15-7-11-32(27-36)48(3,42-21-19-40(46)51-42)44-23-24-45(49)53-44;1-45(29-9-5-13-33(53)25-29)37-17-19-39(49-37)46(2,30-10-6-14-34(54)26-30)41-21-23-43(51-41)48(4,32-12-8-16-36(56)28-32)44-24-22-42(52-44)47(3,40-20-18-38(45)50-40)31-11-7-15-35(55)27-31/h5-28,50-55H,29H2,1-4H3;5-28,49-56H,1-4H3/t46-,47+,48-,49+;. The van der Waals surface area contributed by atoms with E-state index in [-0.39, 0.29) is 41.3 Å². The molecule has 564 valence electrons. The summed E-state index contributed by atoms with van der Waals surface area (Å²) in [5.74, 6) is 2.44. The Morgan fingerprint density at radius 2 is 0.319 bits per heavy atom. The second-order valence-corrected chi connectivity index (χ2v) is 32.0. The lowest BCUT2D eigenvalue weighted by molar-refractivity contribution is 0.119. The second-order valence-electron chi connectivity index (χ2n) is 32.0. The van der Waals surface area contributed by atoms with E-state index in [4.69, 9.17) is 9.47 Å². The number of aromatic hydroxyl groups is 6. The summed E-state index contributed by atoms with van der Waals surface area (Å²) in [6.07, 6.45) is 0. The number of ether oxygens (including phenoxy) is 2. The molecule has 16 aromatic rings. The predicted octanol–water partition coefficient (Wildman–Crippen LogP) is 19.4. The van der Waals surface area contributed by atoms with E-state index in [9.17, 15) is 30.6 Å². The monoisotopic (exact) mass is 1490 g/mol. The van der Waals surface area contributed by atoms with Crippen LogP contribution in [-0.2, 0) is 43.3 Å². The van der Waals surface area contributed by atoms with E-state index < -0.39 is 43.3 Å². The van der Waals surface area contributed by atoms with E-state index in [0.717, 1.165) is 136 Å². The van der Waals surface area contributed by atoms with Gasteiger partial charge in [0.15, 0.2) is 0 Å². The molecule has 22 bridgehead atoms. The molecule has 4 atom stereocenters. The van der Waals surface area contributed by atoms with Crippen molar-refractivity contribution in [3.8, 4) is 46.0 Å². The van der Waals surface area contributed by atoms with Gasteiger partial charge in [0.1, 0.15) is 46.0 Å². The molecule has 3 aliphatic rings. The Kier molecular flexibility index (Phi) is 16.4. The van der Waals surface area contributed by atoms with Crippen molar-refractivity contribution in [3.05, 3.63) is 427 Å². The number of phenols is 6. The molecule has 8 aromatic carbocycles. The van der Waals surface area contributed by atoms with E-state index in [0.29, 0.717) is 11.5 Å². The molecule has 0 saturated carbocycles. The lowest BCUT2D eigenvalue weighted by Gasteiger charge is -2.34.